The molecule has 16 heavy (non-hydrogen) atoms. The van der Waals surface area contributed by atoms with Crippen LogP contribution in [0.1, 0.15) is 44.5 Å². The van der Waals surface area contributed by atoms with Crippen molar-refractivity contribution in [2.45, 2.75) is 45.2 Å². The first-order valence-corrected chi connectivity index (χ1v) is 6.32. The normalized spacial score (nSPS) is 27.2. The number of nitrogens with zero attached hydrogens (tertiary/aromatic N) is 5. The van der Waals surface area contributed by atoms with Crippen molar-refractivity contribution in [1.82, 2.24) is 25.1 Å². The number of tetrazole rings is 1. The van der Waals surface area contributed by atoms with E-state index in [1.807, 2.05) is 4.68 Å². The van der Waals surface area contributed by atoms with Gasteiger partial charge in [-0.2, -0.15) is 0 Å². The molecule has 0 N–H and O–H groups in total. The van der Waals surface area contributed by atoms with E-state index in [0.29, 0.717) is 6.04 Å². The van der Waals surface area contributed by atoms with Crippen LogP contribution in [0, 0.1) is 5.92 Å². The Morgan fingerprint density at radius 2 is 2.19 bits per heavy atom. The lowest BCUT2D eigenvalue weighted by atomic mass is 10.0. The molecule has 2 heterocycles. The Hall–Kier alpha value is -0.970. The smallest absolute Gasteiger partial charge is 0.165 e. The quantitative estimate of drug-likeness (QED) is 0.770. The summed E-state index contributed by atoms with van der Waals surface area (Å²) in [5, 5.41) is 12.1. The maximum absolute atomic E-state index is 4.16. The molecule has 1 aromatic heterocycles. The van der Waals surface area contributed by atoms with Gasteiger partial charge in [0.25, 0.3) is 0 Å². The minimum Gasteiger partial charge on any atom is -0.296 e. The van der Waals surface area contributed by atoms with Gasteiger partial charge in [0.05, 0.1) is 12.6 Å². The fourth-order valence-electron chi connectivity index (χ4n) is 2.55. The summed E-state index contributed by atoms with van der Waals surface area (Å²) < 4.78 is 2.03. The summed E-state index contributed by atoms with van der Waals surface area (Å²) in [5.41, 5.74) is 0. The van der Waals surface area contributed by atoms with Crippen LogP contribution >= 0.6 is 0 Å². The highest BCUT2D eigenvalue weighted by Crippen LogP contribution is 2.34. The molecule has 1 aliphatic heterocycles. The molecule has 1 atom stereocenters. The Morgan fingerprint density at radius 3 is 2.94 bits per heavy atom. The molecule has 0 spiro atoms. The summed E-state index contributed by atoms with van der Waals surface area (Å²) in [6.07, 6.45) is 5.17. The molecule has 0 amide bonds. The summed E-state index contributed by atoms with van der Waals surface area (Å²) in [6.45, 7) is 5.64. The zero-order valence-electron chi connectivity index (χ0n) is 9.84. The first-order valence-electron chi connectivity index (χ1n) is 6.32. The average molecular weight is 221 g/mol. The van der Waals surface area contributed by atoms with Gasteiger partial charge in [-0.25, -0.2) is 4.68 Å². The predicted octanol–water partition coefficient (Wildman–Crippen LogP) is 1.24. The predicted molar refractivity (Wildman–Crippen MR) is 59.8 cm³/mol. The minimum absolute atomic E-state index is 0.590. The Labute approximate surface area is 95.8 Å². The van der Waals surface area contributed by atoms with Gasteiger partial charge in [0, 0.05) is 6.54 Å². The van der Waals surface area contributed by atoms with Crippen LogP contribution in [-0.4, -0.2) is 38.2 Å². The second-order valence-electron chi connectivity index (χ2n) is 5.25. The lowest BCUT2D eigenvalue weighted by Crippen LogP contribution is -2.34. The van der Waals surface area contributed by atoms with Crippen LogP contribution in [-0.2, 0) is 6.54 Å². The van der Waals surface area contributed by atoms with Crippen LogP contribution in [0.3, 0.4) is 0 Å². The first kappa shape index (κ1) is 10.2. The van der Waals surface area contributed by atoms with Gasteiger partial charge >= 0.3 is 0 Å². The van der Waals surface area contributed by atoms with Crippen LogP contribution in [0.5, 0.6) is 0 Å². The largest absolute Gasteiger partial charge is 0.296 e. The summed E-state index contributed by atoms with van der Waals surface area (Å²) in [4.78, 5) is 2.48. The van der Waals surface area contributed by atoms with Crippen LogP contribution in [0.25, 0.3) is 0 Å². The second-order valence-corrected chi connectivity index (χ2v) is 5.25. The molecule has 0 bridgehead atoms. The Morgan fingerprint density at radius 1 is 1.31 bits per heavy atom. The van der Waals surface area contributed by atoms with Crippen LogP contribution in [0.15, 0.2) is 0 Å². The SMILES string of the molecule is CC1CCCN(Cc2nnnn2C2CC2)C1. The maximum atomic E-state index is 4.16. The van der Waals surface area contributed by atoms with E-state index in [1.165, 1.54) is 38.8 Å². The van der Waals surface area contributed by atoms with Crippen molar-refractivity contribution in [3.8, 4) is 0 Å². The van der Waals surface area contributed by atoms with E-state index in [-0.39, 0.29) is 0 Å². The second kappa shape index (κ2) is 4.13. The van der Waals surface area contributed by atoms with Crippen molar-refractivity contribution < 1.29 is 0 Å². The van der Waals surface area contributed by atoms with E-state index < -0.39 is 0 Å². The Balaban J connectivity index is 1.66. The molecular formula is C11H19N5. The van der Waals surface area contributed by atoms with Gasteiger partial charge in [0.1, 0.15) is 0 Å². The number of hydrogen-bond donors (Lipinski definition) is 0. The van der Waals surface area contributed by atoms with Crippen molar-refractivity contribution in [3.05, 3.63) is 5.82 Å². The van der Waals surface area contributed by atoms with E-state index in [0.717, 1.165) is 18.3 Å². The molecule has 1 saturated carbocycles. The lowest BCUT2D eigenvalue weighted by Gasteiger charge is -2.30. The number of aromatic nitrogens is 4. The van der Waals surface area contributed by atoms with Crippen molar-refractivity contribution in [3.63, 3.8) is 0 Å². The third-order valence-electron chi connectivity index (χ3n) is 3.56. The van der Waals surface area contributed by atoms with Crippen molar-refractivity contribution in [1.29, 1.82) is 0 Å². The molecular weight excluding hydrogens is 202 g/mol. The lowest BCUT2D eigenvalue weighted by molar-refractivity contribution is 0.170. The zero-order chi connectivity index (χ0) is 11.0. The van der Waals surface area contributed by atoms with E-state index in [2.05, 4.69) is 27.3 Å². The van der Waals surface area contributed by atoms with Crippen LogP contribution in [0.4, 0.5) is 0 Å². The van der Waals surface area contributed by atoms with Gasteiger partial charge in [0.15, 0.2) is 5.82 Å². The third kappa shape index (κ3) is 2.09. The first-order chi connectivity index (χ1) is 7.83. The van der Waals surface area contributed by atoms with Gasteiger partial charge in [-0.15, -0.1) is 5.10 Å². The van der Waals surface area contributed by atoms with Crippen molar-refractivity contribution in [2.75, 3.05) is 13.1 Å². The topological polar surface area (TPSA) is 46.8 Å². The molecule has 2 aliphatic rings. The molecule has 88 valence electrons. The fourth-order valence-corrected chi connectivity index (χ4v) is 2.55. The highest BCUT2D eigenvalue weighted by atomic mass is 15.6. The maximum Gasteiger partial charge on any atom is 0.165 e. The molecule has 5 heteroatoms. The zero-order valence-corrected chi connectivity index (χ0v) is 9.84. The number of rotatable bonds is 3. The molecule has 0 radical (unpaired) electrons. The van der Waals surface area contributed by atoms with Gasteiger partial charge in [-0.05, 0) is 48.6 Å². The summed E-state index contributed by atoms with van der Waals surface area (Å²) in [7, 11) is 0. The molecule has 1 saturated heterocycles. The third-order valence-corrected chi connectivity index (χ3v) is 3.56. The van der Waals surface area contributed by atoms with E-state index in [4.69, 9.17) is 0 Å². The van der Waals surface area contributed by atoms with Crippen molar-refractivity contribution in [2.24, 2.45) is 5.92 Å². The molecule has 1 aliphatic carbocycles. The summed E-state index contributed by atoms with van der Waals surface area (Å²) in [6, 6.07) is 0.590. The minimum atomic E-state index is 0.590. The Bertz CT molecular complexity index is 357. The molecule has 1 unspecified atom stereocenters. The van der Waals surface area contributed by atoms with Gasteiger partial charge < -0.3 is 0 Å². The molecule has 0 aromatic carbocycles. The van der Waals surface area contributed by atoms with Crippen molar-refractivity contribution >= 4 is 0 Å². The molecule has 2 fully saturated rings. The average Bonchev–Trinajstić information content (AvgIpc) is 3.00. The van der Waals surface area contributed by atoms with Crippen LogP contribution in [0.2, 0.25) is 0 Å². The fraction of sp³-hybridized carbons (Fsp3) is 0.909. The van der Waals surface area contributed by atoms with Gasteiger partial charge in [0.2, 0.25) is 0 Å². The molecule has 5 nitrogen and oxygen atoms in total. The number of likely N-dealkylation sites (tertiary alicyclic amines) is 1. The molecule has 3 rings (SSSR count). The van der Waals surface area contributed by atoms with Gasteiger partial charge in [-0.1, -0.05) is 6.92 Å². The van der Waals surface area contributed by atoms with E-state index >= 15 is 0 Å². The summed E-state index contributed by atoms with van der Waals surface area (Å²) >= 11 is 0. The Kier molecular flexibility index (Phi) is 2.63. The van der Waals surface area contributed by atoms with Gasteiger partial charge in [-0.3, -0.25) is 4.90 Å². The van der Waals surface area contributed by atoms with E-state index in [9.17, 15) is 0 Å². The molecule has 1 aromatic rings. The van der Waals surface area contributed by atoms with E-state index in [1.54, 1.807) is 0 Å². The van der Waals surface area contributed by atoms with Crippen LogP contribution < -0.4 is 0 Å². The monoisotopic (exact) mass is 221 g/mol. The highest BCUT2D eigenvalue weighted by molar-refractivity contribution is 4.90. The number of hydrogen-bond acceptors (Lipinski definition) is 4. The highest BCUT2D eigenvalue weighted by Gasteiger charge is 2.28. The standard InChI is InChI=1S/C11H19N5/c1-9-3-2-6-15(7-9)8-11-12-13-14-16(11)10-4-5-10/h9-10H,2-8H2,1H3. The number of piperidine rings is 1. The summed E-state index contributed by atoms with van der Waals surface area (Å²) in [5.74, 6) is 1.87.